The third-order valence-electron chi connectivity index (χ3n) is 4.23. The van der Waals surface area contributed by atoms with Crippen molar-refractivity contribution in [1.82, 2.24) is 19.9 Å². The molecule has 2 aromatic heterocycles. The summed E-state index contributed by atoms with van der Waals surface area (Å²) in [5, 5.41) is 6.82. The van der Waals surface area contributed by atoms with Crippen LogP contribution in [0.5, 0.6) is 0 Å². The van der Waals surface area contributed by atoms with E-state index in [0.717, 1.165) is 5.56 Å². The molecule has 7 nitrogen and oxygen atoms in total. The van der Waals surface area contributed by atoms with Crippen LogP contribution in [-0.4, -0.2) is 28.9 Å². The zero-order valence-corrected chi connectivity index (χ0v) is 15.5. The number of benzene rings is 2. The maximum atomic E-state index is 12.6. The molecule has 0 radical (unpaired) electrons. The molecule has 4 rings (SSSR count). The van der Waals surface area contributed by atoms with Crippen molar-refractivity contribution >= 4 is 21.4 Å². The van der Waals surface area contributed by atoms with Crippen LogP contribution >= 0.6 is 0 Å². The quantitative estimate of drug-likeness (QED) is 0.563. The lowest BCUT2D eigenvalue weighted by Crippen LogP contribution is -2.24. The normalized spacial score (nSPS) is 11.4. The average molecular weight is 392 g/mol. The lowest BCUT2D eigenvalue weighted by Gasteiger charge is -2.08. The van der Waals surface area contributed by atoms with Gasteiger partial charge < -0.3 is 5.32 Å². The summed E-state index contributed by atoms with van der Waals surface area (Å²) in [5.41, 5.74) is 1.66. The third-order valence-corrected chi connectivity index (χ3v) is 6.02. The summed E-state index contributed by atoms with van der Waals surface area (Å²) >= 11 is 0. The van der Waals surface area contributed by atoms with Gasteiger partial charge in [-0.15, -0.1) is 0 Å². The maximum absolute atomic E-state index is 12.6. The molecule has 140 valence electrons. The lowest BCUT2D eigenvalue weighted by molar-refractivity contribution is 0.0946. The number of amides is 1. The van der Waals surface area contributed by atoms with Gasteiger partial charge in [0.05, 0.1) is 16.0 Å². The predicted octanol–water partition coefficient (Wildman–Crippen LogP) is 2.49. The summed E-state index contributed by atoms with van der Waals surface area (Å²) in [5.74, 6) is -0.315. The molecule has 8 heteroatoms. The summed E-state index contributed by atoms with van der Waals surface area (Å²) in [7, 11) is -3.55. The lowest BCUT2D eigenvalue weighted by atomic mass is 10.2. The number of nitrogens with zero attached hydrogens (tertiary/aromatic N) is 3. The molecule has 4 aromatic rings. The van der Waals surface area contributed by atoms with Gasteiger partial charge >= 0.3 is 0 Å². The molecule has 0 atom stereocenters. The summed E-state index contributed by atoms with van der Waals surface area (Å²) in [6.07, 6.45) is 3.27. The Hall–Kier alpha value is -3.52. The van der Waals surface area contributed by atoms with E-state index in [1.165, 1.54) is 0 Å². The molecule has 2 aromatic carbocycles. The second-order valence-electron chi connectivity index (χ2n) is 6.09. The average Bonchev–Trinajstić information content (AvgIpc) is 3.21. The Morgan fingerprint density at radius 3 is 2.39 bits per heavy atom. The van der Waals surface area contributed by atoms with E-state index in [0.29, 0.717) is 5.65 Å². The number of sulfone groups is 1. The summed E-state index contributed by atoms with van der Waals surface area (Å²) in [4.78, 5) is 17.0. The molecule has 0 unspecified atom stereocenters. The number of nitrogens with one attached hydrogen (secondary N) is 1. The zero-order valence-electron chi connectivity index (χ0n) is 14.7. The SMILES string of the molecule is O=C(NCc1ccc(S(=O)(=O)c2ccccc2)cc1)c1ccn2nccc2n1. The van der Waals surface area contributed by atoms with Crippen LogP contribution in [0.1, 0.15) is 16.1 Å². The van der Waals surface area contributed by atoms with E-state index in [2.05, 4.69) is 15.4 Å². The standard InChI is InChI=1S/C20H16N4O3S/c25-20(18-11-13-24-19(23-18)10-12-22-24)21-14-15-6-8-17(9-7-15)28(26,27)16-4-2-1-3-5-16/h1-13H,14H2,(H,21,25). The molecule has 0 fully saturated rings. The Morgan fingerprint density at radius 1 is 0.929 bits per heavy atom. The number of hydrogen-bond acceptors (Lipinski definition) is 5. The molecular weight excluding hydrogens is 376 g/mol. The van der Waals surface area contributed by atoms with E-state index >= 15 is 0 Å². The second kappa shape index (κ2) is 7.24. The van der Waals surface area contributed by atoms with Crippen molar-refractivity contribution in [2.75, 3.05) is 0 Å². The van der Waals surface area contributed by atoms with Crippen LogP contribution in [0.2, 0.25) is 0 Å². The van der Waals surface area contributed by atoms with Gasteiger partial charge in [-0.2, -0.15) is 5.10 Å². The number of fused-ring (bicyclic) bond motifs is 1. The van der Waals surface area contributed by atoms with E-state index < -0.39 is 9.84 Å². The van der Waals surface area contributed by atoms with Crippen molar-refractivity contribution in [2.24, 2.45) is 0 Å². The van der Waals surface area contributed by atoms with E-state index in [1.54, 1.807) is 83.6 Å². The minimum atomic E-state index is -3.55. The van der Waals surface area contributed by atoms with Crippen LogP contribution in [-0.2, 0) is 16.4 Å². The molecule has 2 heterocycles. The van der Waals surface area contributed by atoms with Crippen molar-refractivity contribution in [1.29, 1.82) is 0 Å². The van der Waals surface area contributed by atoms with Crippen molar-refractivity contribution in [3.8, 4) is 0 Å². The van der Waals surface area contributed by atoms with Gasteiger partial charge in [-0.25, -0.2) is 17.9 Å². The molecule has 1 amide bonds. The first kappa shape index (κ1) is 17.9. The van der Waals surface area contributed by atoms with Crippen LogP contribution in [0.15, 0.2) is 88.9 Å². The zero-order chi connectivity index (χ0) is 19.6. The molecular formula is C20H16N4O3S. The first-order valence-electron chi connectivity index (χ1n) is 8.52. The van der Waals surface area contributed by atoms with Gasteiger partial charge in [0.1, 0.15) is 5.69 Å². The summed E-state index contributed by atoms with van der Waals surface area (Å²) in [6.45, 7) is 0.261. The summed E-state index contributed by atoms with van der Waals surface area (Å²) < 4.78 is 26.8. The topological polar surface area (TPSA) is 93.4 Å². The Labute approximate surface area is 161 Å². The van der Waals surface area contributed by atoms with Crippen molar-refractivity contribution in [2.45, 2.75) is 16.3 Å². The second-order valence-corrected chi connectivity index (χ2v) is 8.04. The van der Waals surface area contributed by atoms with E-state index in [1.807, 2.05) is 0 Å². The number of aromatic nitrogens is 3. The molecule has 0 spiro atoms. The Bertz CT molecular complexity index is 1230. The first-order chi connectivity index (χ1) is 13.5. The molecule has 1 N–H and O–H groups in total. The van der Waals surface area contributed by atoms with Crippen LogP contribution in [0.4, 0.5) is 0 Å². The molecule has 0 saturated carbocycles. The van der Waals surface area contributed by atoms with Crippen LogP contribution in [0.25, 0.3) is 5.65 Å². The number of carbonyl (C=O) groups is 1. The Morgan fingerprint density at radius 2 is 1.64 bits per heavy atom. The van der Waals surface area contributed by atoms with Crippen molar-refractivity contribution in [3.05, 3.63) is 90.4 Å². The first-order valence-corrected chi connectivity index (χ1v) is 10.00. The van der Waals surface area contributed by atoms with Crippen LogP contribution in [0.3, 0.4) is 0 Å². The highest BCUT2D eigenvalue weighted by molar-refractivity contribution is 7.91. The smallest absolute Gasteiger partial charge is 0.270 e. The molecule has 0 aliphatic rings. The largest absolute Gasteiger partial charge is 0.347 e. The van der Waals surface area contributed by atoms with Crippen molar-refractivity contribution < 1.29 is 13.2 Å². The molecule has 0 saturated heterocycles. The number of hydrogen-bond donors (Lipinski definition) is 1. The van der Waals surface area contributed by atoms with Gasteiger partial charge in [0.25, 0.3) is 5.91 Å². The predicted molar refractivity (Wildman–Crippen MR) is 102 cm³/mol. The van der Waals surface area contributed by atoms with Gasteiger partial charge in [-0.1, -0.05) is 30.3 Å². The fourth-order valence-electron chi connectivity index (χ4n) is 2.73. The monoisotopic (exact) mass is 392 g/mol. The fraction of sp³-hybridized carbons (Fsp3) is 0.0500. The maximum Gasteiger partial charge on any atom is 0.270 e. The minimum absolute atomic E-state index is 0.210. The van der Waals surface area contributed by atoms with Gasteiger partial charge in [-0.3, -0.25) is 4.79 Å². The molecule has 0 aliphatic heterocycles. The van der Waals surface area contributed by atoms with E-state index in [4.69, 9.17) is 0 Å². The Balaban J connectivity index is 1.45. The summed E-state index contributed by atoms with van der Waals surface area (Å²) in [6, 6.07) is 18.0. The van der Waals surface area contributed by atoms with E-state index in [-0.39, 0.29) is 27.9 Å². The van der Waals surface area contributed by atoms with Crippen LogP contribution in [0, 0.1) is 0 Å². The van der Waals surface area contributed by atoms with Crippen LogP contribution < -0.4 is 5.32 Å². The molecule has 28 heavy (non-hydrogen) atoms. The van der Waals surface area contributed by atoms with Gasteiger partial charge in [0.15, 0.2) is 5.65 Å². The van der Waals surface area contributed by atoms with E-state index in [9.17, 15) is 13.2 Å². The highest BCUT2D eigenvalue weighted by Gasteiger charge is 2.17. The highest BCUT2D eigenvalue weighted by Crippen LogP contribution is 2.20. The number of rotatable bonds is 5. The third kappa shape index (κ3) is 3.49. The van der Waals surface area contributed by atoms with Crippen molar-refractivity contribution in [3.63, 3.8) is 0 Å². The van der Waals surface area contributed by atoms with Gasteiger partial charge in [0.2, 0.25) is 9.84 Å². The molecule has 0 bridgehead atoms. The van der Waals surface area contributed by atoms with Gasteiger partial charge in [0, 0.05) is 18.8 Å². The minimum Gasteiger partial charge on any atom is -0.347 e. The van der Waals surface area contributed by atoms with Gasteiger partial charge in [-0.05, 0) is 35.9 Å². The number of carbonyl (C=O) groups excluding carboxylic acids is 1. The fourth-order valence-corrected chi connectivity index (χ4v) is 4.02. The highest BCUT2D eigenvalue weighted by atomic mass is 32.2. The Kier molecular flexibility index (Phi) is 4.62. The molecule has 0 aliphatic carbocycles.